The summed E-state index contributed by atoms with van der Waals surface area (Å²) in [6.07, 6.45) is 1.69. The fourth-order valence-electron chi connectivity index (χ4n) is 3.09. The fraction of sp³-hybridized carbons (Fsp3) is 0.316. The van der Waals surface area contributed by atoms with Crippen LogP contribution in [0.15, 0.2) is 42.5 Å². The largest absolute Gasteiger partial charge is 0.497 e. The number of hydrogen-bond donors (Lipinski definition) is 1. The summed E-state index contributed by atoms with van der Waals surface area (Å²) >= 11 is 0. The first-order valence-corrected chi connectivity index (χ1v) is 8.22. The molecule has 1 aliphatic rings. The minimum atomic E-state index is -0.977. The second kappa shape index (κ2) is 7.51. The molecule has 0 spiro atoms. The van der Waals surface area contributed by atoms with Crippen molar-refractivity contribution < 1.29 is 18.3 Å². The van der Waals surface area contributed by atoms with E-state index in [1.54, 1.807) is 12.0 Å². The second-order valence-electron chi connectivity index (χ2n) is 6.10. The van der Waals surface area contributed by atoms with E-state index in [0.717, 1.165) is 30.7 Å². The van der Waals surface area contributed by atoms with Crippen molar-refractivity contribution in [2.75, 3.05) is 25.5 Å². The normalized spacial score (nSPS) is 15.1. The number of piperidine rings is 1. The van der Waals surface area contributed by atoms with Gasteiger partial charge in [-0.05, 0) is 48.6 Å². The van der Waals surface area contributed by atoms with Crippen molar-refractivity contribution in [3.63, 3.8) is 0 Å². The highest BCUT2D eigenvalue weighted by Gasteiger charge is 2.24. The quantitative estimate of drug-likeness (QED) is 0.896. The first-order chi connectivity index (χ1) is 12.1. The molecule has 0 bridgehead atoms. The van der Waals surface area contributed by atoms with Crippen molar-refractivity contribution in [2.45, 2.75) is 18.8 Å². The summed E-state index contributed by atoms with van der Waals surface area (Å²) in [6.45, 7) is 1.22. The van der Waals surface area contributed by atoms with E-state index in [1.807, 2.05) is 18.2 Å². The molecular formula is C19H20F2N2O2. The molecule has 1 saturated heterocycles. The molecule has 0 unspecified atom stereocenters. The van der Waals surface area contributed by atoms with Gasteiger partial charge in [0.2, 0.25) is 0 Å². The van der Waals surface area contributed by atoms with Crippen LogP contribution >= 0.6 is 0 Å². The second-order valence-corrected chi connectivity index (χ2v) is 6.10. The lowest BCUT2D eigenvalue weighted by atomic mass is 9.89. The van der Waals surface area contributed by atoms with Gasteiger partial charge in [0.25, 0.3) is 0 Å². The number of amides is 2. The number of carbonyl (C=O) groups excluding carboxylic acids is 1. The van der Waals surface area contributed by atoms with Crippen LogP contribution in [-0.2, 0) is 0 Å². The molecule has 1 heterocycles. The topological polar surface area (TPSA) is 41.6 Å². The van der Waals surface area contributed by atoms with Crippen molar-refractivity contribution in [3.05, 3.63) is 59.7 Å². The molecule has 132 valence electrons. The van der Waals surface area contributed by atoms with Crippen molar-refractivity contribution >= 4 is 11.7 Å². The van der Waals surface area contributed by atoms with Crippen LogP contribution in [0.2, 0.25) is 0 Å². The van der Waals surface area contributed by atoms with Gasteiger partial charge in [0, 0.05) is 24.8 Å². The summed E-state index contributed by atoms with van der Waals surface area (Å²) < 4.78 is 31.4. The Morgan fingerprint density at radius 2 is 1.88 bits per heavy atom. The predicted molar refractivity (Wildman–Crippen MR) is 91.9 cm³/mol. The van der Waals surface area contributed by atoms with Crippen molar-refractivity contribution in [2.24, 2.45) is 0 Å². The zero-order valence-electron chi connectivity index (χ0n) is 14.0. The summed E-state index contributed by atoms with van der Waals surface area (Å²) in [4.78, 5) is 14.0. The van der Waals surface area contributed by atoms with E-state index >= 15 is 0 Å². The first-order valence-electron chi connectivity index (χ1n) is 8.22. The van der Waals surface area contributed by atoms with Crippen LogP contribution < -0.4 is 10.1 Å². The van der Waals surface area contributed by atoms with Gasteiger partial charge in [-0.2, -0.15) is 0 Å². The van der Waals surface area contributed by atoms with E-state index in [9.17, 15) is 13.6 Å². The van der Waals surface area contributed by atoms with E-state index in [-0.39, 0.29) is 11.7 Å². The Morgan fingerprint density at radius 3 is 2.56 bits per heavy atom. The summed E-state index contributed by atoms with van der Waals surface area (Å²) in [5.74, 6) is -0.704. The van der Waals surface area contributed by atoms with Crippen LogP contribution in [0, 0.1) is 11.6 Å². The van der Waals surface area contributed by atoms with Gasteiger partial charge in [-0.15, -0.1) is 0 Å². The van der Waals surface area contributed by atoms with Crippen LogP contribution in [0.25, 0.3) is 0 Å². The zero-order valence-corrected chi connectivity index (χ0v) is 14.0. The fourth-order valence-corrected chi connectivity index (χ4v) is 3.09. The lowest BCUT2D eigenvalue weighted by Crippen LogP contribution is -2.40. The number of nitrogens with one attached hydrogen (secondary N) is 1. The molecular weight excluding hydrogens is 326 g/mol. The Balaban J connectivity index is 1.57. The molecule has 0 atom stereocenters. The maximum atomic E-state index is 13.2. The third-order valence-electron chi connectivity index (χ3n) is 4.52. The molecule has 1 aliphatic heterocycles. The number of ether oxygens (including phenoxy) is 1. The Kier molecular flexibility index (Phi) is 5.16. The van der Waals surface area contributed by atoms with Gasteiger partial charge in [0.15, 0.2) is 11.6 Å². The molecule has 2 aromatic carbocycles. The number of likely N-dealkylation sites (tertiary alicyclic amines) is 1. The highest BCUT2D eigenvalue weighted by molar-refractivity contribution is 5.89. The predicted octanol–water partition coefficient (Wildman–Crippen LogP) is 4.38. The molecule has 2 amide bonds. The van der Waals surface area contributed by atoms with Crippen molar-refractivity contribution in [3.8, 4) is 5.75 Å². The minimum Gasteiger partial charge on any atom is -0.497 e. The molecule has 2 aromatic rings. The van der Waals surface area contributed by atoms with E-state index in [0.29, 0.717) is 19.0 Å². The Bertz CT molecular complexity index is 759. The maximum absolute atomic E-state index is 13.2. The van der Waals surface area contributed by atoms with Gasteiger partial charge < -0.3 is 15.0 Å². The average molecular weight is 346 g/mol. The van der Waals surface area contributed by atoms with E-state index in [4.69, 9.17) is 4.74 Å². The number of nitrogens with zero attached hydrogens (tertiary/aromatic N) is 1. The molecule has 4 nitrogen and oxygen atoms in total. The average Bonchev–Trinajstić information content (AvgIpc) is 2.65. The van der Waals surface area contributed by atoms with Crippen molar-refractivity contribution in [1.82, 2.24) is 4.90 Å². The third kappa shape index (κ3) is 4.07. The lowest BCUT2D eigenvalue weighted by Gasteiger charge is -2.32. The van der Waals surface area contributed by atoms with Crippen molar-refractivity contribution in [1.29, 1.82) is 0 Å². The van der Waals surface area contributed by atoms with Gasteiger partial charge in [-0.25, -0.2) is 13.6 Å². The smallest absolute Gasteiger partial charge is 0.321 e. The number of hydrogen-bond acceptors (Lipinski definition) is 2. The summed E-state index contributed by atoms with van der Waals surface area (Å²) in [7, 11) is 1.64. The minimum absolute atomic E-state index is 0.249. The zero-order chi connectivity index (χ0) is 17.8. The summed E-state index contributed by atoms with van der Waals surface area (Å²) in [5.41, 5.74) is 1.46. The van der Waals surface area contributed by atoms with E-state index < -0.39 is 11.6 Å². The number of anilines is 1. The molecule has 0 radical (unpaired) electrons. The number of urea groups is 1. The highest BCUT2D eigenvalue weighted by atomic mass is 19.2. The molecule has 25 heavy (non-hydrogen) atoms. The van der Waals surface area contributed by atoms with Crippen LogP contribution in [-0.4, -0.2) is 31.1 Å². The van der Waals surface area contributed by atoms with Gasteiger partial charge in [-0.1, -0.05) is 12.1 Å². The van der Waals surface area contributed by atoms with Crippen LogP contribution in [0.3, 0.4) is 0 Å². The monoisotopic (exact) mass is 346 g/mol. The van der Waals surface area contributed by atoms with Gasteiger partial charge in [0.1, 0.15) is 5.75 Å². The SMILES string of the molecule is COc1cccc(C2CCN(C(=O)Nc3ccc(F)c(F)c3)CC2)c1. The molecule has 0 aliphatic carbocycles. The Labute approximate surface area is 145 Å². The number of benzene rings is 2. The highest BCUT2D eigenvalue weighted by Crippen LogP contribution is 2.30. The molecule has 1 N–H and O–H groups in total. The third-order valence-corrected chi connectivity index (χ3v) is 4.52. The number of carbonyl (C=O) groups is 1. The summed E-state index contributed by atoms with van der Waals surface area (Å²) in [6, 6.07) is 11.0. The van der Waals surface area contributed by atoms with Crippen LogP contribution in [0.1, 0.15) is 24.3 Å². The summed E-state index contributed by atoms with van der Waals surface area (Å²) in [5, 5.41) is 2.61. The van der Waals surface area contributed by atoms with Gasteiger partial charge in [0.05, 0.1) is 7.11 Å². The Morgan fingerprint density at radius 1 is 1.12 bits per heavy atom. The lowest BCUT2D eigenvalue weighted by molar-refractivity contribution is 0.194. The molecule has 6 heteroatoms. The van der Waals surface area contributed by atoms with Crippen LogP contribution in [0.4, 0.5) is 19.3 Å². The number of halogens is 2. The standard InChI is InChI=1S/C19H20F2N2O2/c1-25-16-4-2-3-14(11-16)13-7-9-23(10-8-13)19(24)22-15-5-6-17(20)18(21)12-15/h2-6,11-13H,7-10H2,1H3,(H,22,24). The van der Waals surface area contributed by atoms with Gasteiger partial charge >= 0.3 is 6.03 Å². The first kappa shape index (κ1) is 17.2. The van der Waals surface area contributed by atoms with Crippen LogP contribution in [0.5, 0.6) is 5.75 Å². The van der Waals surface area contributed by atoms with Gasteiger partial charge in [-0.3, -0.25) is 0 Å². The Hall–Kier alpha value is -2.63. The maximum Gasteiger partial charge on any atom is 0.321 e. The number of methoxy groups -OCH3 is 1. The molecule has 1 fully saturated rings. The molecule has 0 saturated carbocycles. The number of rotatable bonds is 3. The van der Waals surface area contributed by atoms with E-state index in [2.05, 4.69) is 11.4 Å². The van der Waals surface area contributed by atoms with E-state index in [1.165, 1.54) is 11.6 Å². The molecule has 0 aromatic heterocycles. The molecule has 3 rings (SSSR count).